The van der Waals surface area contributed by atoms with Crippen molar-refractivity contribution in [2.24, 2.45) is 5.92 Å². The monoisotopic (exact) mass is 536 g/mol. The normalized spacial score (nSPS) is 16.3. The minimum Gasteiger partial charge on any atom is -0.480 e. The summed E-state index contributed by atoms with van der Waals surface area (Å²) in [5.74, 6) is -2.50. The molecule has 1 unspecified atom stereocenters. The van der Waals surface area contributed by atoms with Crippen LogP contribution in [0.25, 0.3) is 6.08 Å². The average Bonchev–Trinajstić information content (AvgIpc) is 3.37. The van der Waals surface area contributed by atoms with Crippen LogP contribution in [0.4, 0.5) is 0 Å². The van der Waals surface area contributed by atoms with Gasteiger partial charge in [-0.1, -0.05) is 23.2 Å². The van der Waals surface area contributed by atoms with E-state index in [4.69, 9.17) is 27.6 Å². The van der Waals surface area contributed by atoms with Crippen LogP contribution < -0.4 is 21.3 Å². The van der Waals surface area contributed by atoms with Crippen molar-refractivity contribution in [2.45, 2.75) is 25.4 Å². The van der Waals surface area contributed by atoms with E-state index in [2.05, 4.69) is 21.3 Å². The Morgan fingerprint density at radius 2 is 1.94 bits per heavy atom. The second-order valence-corrected chi connectivity index (χ2v) is 8.97. The van der Waals surface area contributed by atoms with Crippen LogP contribution in [0.3, 0.4) is 0 Å². The first kappa shape index (κ1) is 27.3. The van der Waals surface area contributed by atoms with E-state index < -0.39 is 17.9 Å². The molecule has 3 amide bonds. The first-order valence-electron chi connectivity index (χ1n) is 11.2. The van der Waals surface area contributed by atoms with Crippen molar-refractivity contribution < 1.29 is 28.7 Å². The van der Waals surface area contributed by atoms with Crippen molar-refractivity contribution in [3.05, 3.63) is 63.5 Å². The van der Waals surface area contributed by atoms with Crippen LogP contribution >= 0.6 is 23.2 Å². The Morgan fingerprint density at radius 1 is 1.19 bits per heavy atom. The van der Waals surface area contributed by atoms with Crippen LogP contribution in [0, 0.1) is 5.92 Å². The zero-order chi connectivity index (χ0) is 26.1. The number of furan rings is 1. The zero-order valence-electron chi connectivity index (χ0n) is 19.2. The number of benzene rings is 1. The van der Waals surface area contributed by atoms with E-state index in [1.807, 2.05) is 0 Å². The predicted molar refractivity (Wildman–Crippen MR) is 134 cm³/mol. The first-order valence-corrected chi connectivity index (χ1v) is 12.0. The van der Waals surface area contributed by atoms with Crippen molar-refractivity contribution in [1.29, 1.82) is 0 Å². The summed E-state index contributed by atoms with van der Waals surface area (Å²) in [7, 11) is 0. The Morgan fingerprint density at radius 3 is 2.56 bits per heavy atom. The lowest BCUT2D eigenvalue weighted by molar-refractivity contribution is -0.139. The molecule has 2 atom stereocenters. The molecule has 2 heterocycles. The molecule has 192 valence electrons. The molecule has 1 saturated heterocycles. The smallest absolute Gasteiger partial charge is 0.328 e. The first-order chi connectivity index (χ1) is 17.2. The van der Waals surface area contributed by atoms with Crippen molar-refractivity contribution >= 4 is 53.0 Å². The second-order valence-electron chi connectivity index (χ2n) is 8.15. The number of nitrogens with one attached hydrogen (secondary N) is 4. The fourth-order valence-electron chi connectivity index (χ4n) is 3.59. The molecule has 0 saturated carbocycles. The predicted octanol–water partition coefficient (Wildman–Crippen LogP) is 2.21. The molecule has 0 spiro atoms. The average molecular weight is 537 g/mol. The van der Waals surface area contributed by atoms with Gasteiger partial charge in [-0.05, 0) is 55.3 Å². The fraction of sp³-hybridized carbons (Fsp3) is 0.333. The highest BCUT2D eigenvalue weighted by Crippen LogP contribution is 2.27. The zero-order valence-corrected chi connectivity index (χ0v) is 20.7. The highest BCUT2D eigenvalue weighted by Gasteiger charge is 2.26. The number of hydrogen-bond donors (Lipinski definition) is 5. The summed E-state index contributed by atoms with van der Waals surface area (Å²) in [4.78, 5) is 48.7. The molecule has 0 bridgehead atoms. The number of amides is 3. The summed E-state index contributed by atoms with van der Waals surface area (Å²) in [6.45, 7) is 1.16. The van der Waals surface area contributed by atoms with Crippen LogP contribution in [-0.2, 0) is 20.9 Å². The summed E-state index contributed by atoms with van der Waals surface area (Å²) < 4.78 is 5.11. The lowest BCUT2D eigenvalue weighted by atomic mass is 9.99. The van der Waals surface area contributed by atoms with Crippen LogP contribution in [0.5, 0.6) is 0 Å². The van der Waals surface area contributed by atoms with Gasteiger partial charge in [-0.25, -0.2) is 4.79 Å². The maximum Gasteiger partial charge on any atom is 0.328 e. The summed E-state index contributed by atoms with van der Waals surface area (Å²) >= 11 is 12.5. The van der Waals surface area contributed by atoms with Crippen LogP contribution in [0.1, 0.15) is 34.5 Å². The fourth-order valence-corrected chi connectivity index (χ4v) is 4.29. The van der Waals surface area contributed by atoms with Crippen LogP contribution in [0.2, 0.25) is 10.0 Å². The lowest BCUT2D eigenvalue weighted by Crippen LogP contribution is -2.50. The number of carboxylic acid groups (broad SMARTS) is 1. The molecule has 5 N–H and O–H groups in total. The van der Waals surface area contributed by atoms with Gasteiger partial charge in [0.1, 0.15) is 11.8 Å². The Kier molecular flexibility index (Phi) is 9.92. The quantitative estimate of drug-likeness (QED) is 0.292. The van der Waals surface area contributed by atoms with Gasteiger partial charge in [0.25, 0.3) is 5.91 Å². The Labute approximate surface area is 217 Å². The van der Waals surface area contributed by atoms with Gasteiger partial charge in [-0.2, -0.15) is 0 Å². The molecule has 36 heavy (non-hydrogen) atoms. The lowest BCUT2D eigenvalue weighted by Gasteiger charge is -2.23. The third-order valence-electron chi connectivity index (χ3n) is 5.49. The number of halogens is 2. The Hall–Kier alpha value is -3.34. The van der Waals surface area contributed by atoms with E-state index >= 15 is 0 Å². The molecule has 1 aromatic carbocycles. The number of piperidine rings is 1. The van der Waals surface area contributed by atoms with Crippen LogP contribution in [-0.4, -0.2) is 54.5 Å². The van der Waals surface area contributed by atoms with Gasteiger partial charge in [0, 0.05) is 25.7 Å². The molecule has 2 aromatic rings. The Bertz CT molecular complexity index is 1110. The maximum atomic E-state index is 12.8. The number of rotatable bonds is 10. The number of carboxylic acids is 1. The number of aliphatic carboxylic acids is 1. The van der Waals surface area contributed by atoms with Gasteiger partial charge in [-0.3, -0.25) is 14.4 Å². The summed E-state index contributed by atoms with van der Waals surface area (Å²) in [6, 6.07) is 4.91. The standard InChI is InChI=1S/C24H26Cl2N4O6/c25-17-9-14(11-28-20(31)6-5-16-4-2-8-36-16)10-18(26)21(17)23(33)30-19(24(34)35)13-29-22(32)15-3-1-7-27-12-15/h2,4-6,8-10,15,19,27H,1,3,7,11-13H2,(H,28,31)(H,29,32)(H,30,33)(H,34,35)/b6-5+/t15?,19-/m0/s1. The van der Waals surface area contributed by atoms with Gasteiger partial charge < -0.3 is 30.8 Å². The second kappa shape index (κ2) is 13.1. The van der Waals surface area contributed by atoms with Gasteiger partial charge in [-0.15, -0.1) is 0 Å². The number of carbonyl (C=O) groups excluding carboxylic acids is 3. The molecule has 10 nitrogen and oxygen atoms in total. The topological polar surface area (TPSA) is 150 Å². The van der Waals surface area contributed by atoms with E-state index in [1.54, 1.807) is 12.1 Å². The largest absolute Gasteiger partial charge is 0.480 e. The van der Waals surface area contributed by atoms with Crippen molar-refractivity contribution in [1.82, 2.24) is 21.3 Å². The highest BCUT2D eigenvalue weighted by molar-refractivity contribution is 6.39. The van der Waals surface area contributed by atoms with E-state index in [-0.39, 0.29) is 46.4 Å². The minimum atomic E-state index is -1.38. The molecular weight excluding hydrogens is 511 g/mol. The third-order valence-corrected chi connectivity index (χ3v) is 6.09. The molecule has 1 fully saturated rings. The molecule has 1 aromatic heterocycles. The van der Waals surface area contributed by atoms with E-state index in [9.17, 15) is 24.3 Å². The van der Waals surface area contributed by atoms with Gasteiger partial charge in [0.05, 0.1) is 27.8 Å². The number of carbonyl (C=O) groups is 4. The minimum absolute atomic E-state index is 0.0168. The summed E-state index contributed by atoms with van der Waals surface area (Å²) in [5.41, 5.74) is 0.421. The van der Waals surface area contributed by atoms with E-state index in [0.717, 1.165) is 13.0 Å². The molecule has 12 heteroatoms. The molecular formula is C24H26Cl2N4O6. The van der Waals surface area contributed by atoms with E-state index in [1.165, 1.54) is 30.5 Å². The van der Waals surface area contributed by atoms with Crippen molar-refractivity contribution in [2.75, 3.05) is 19.6 Å². The molecule has 1 aliphatic rings. The van der Waals surface area contributed by atoms with Gasteiger partial charge in [0.15, 0.2) is 0 Å². The molecule has 3 rings (SSSR count). The Balaban J connectivity index is 1.57. The molecule has 0 radical (unpaired) electrons. The van der Waals surface area contributed by atoms with E-state index in [0.29, 0.717) is 24.3 Å². The number of hydrogen-bond acceptors (Lipinski definition) is 6. The maximum absolute atomic E-state index is 12.8. The molecule has 0 aliphatic carbocycles. The van der Waals surface area contributed by atoms with Crippen molar-refractivity contribution in [3.8, 4) is 0 Å². The molecule has 1 aliphatic heterocycles. The van der Waals surface area contributed by atoms with Gasteiger partial charge in [0.2, 0.25) is 11.8 Å². The van der Waals surface area contributed by atoms with Crippen molar-refractivity contribution in [3.63, 3.8) is 0 Å². The summed E-state index contributed by atoms with van der Waals surface area (Å²) in [6.07, 6.45) is 5.87. The third kappa shape index (κ3) is 7.84. The van der Waals surface area contributed by atoms with Crippen LogP contribution in [0.15, 0.2) is 41.0 Å². The summed E-state index contributed by atoms with van der Waals surface area (Å²) in [5, 5.41) is 20.2. The van der Waals surface area contributed by atoms with Gasteiger partial charge >= 0.3 is 5.97 Å². The highest BCUT2D eigenvalue weighted by atomic mass is 35.5. The SMILES string of the molecule is O=C(/C=C/c1ccco1)NCc1cc(Cl)c(C(=O)N[C@@H](CNC(=O)C2CCCNC2)C(=O)O)c(Cl)c1.